The van der Waals surface area contributed by atoms with E-state index >= 15 is 0 Å². The number of thiazole rings is 1. The molecule has 0 spiro atoms. The first-order chi connectivity index (χ1) is 15.5. The van der Waals surface area contributed by atoms with Crippen LogP contribution in [0.3, 0.4) is 0 Å². The number of amides is 1. The normalized spacial score (nSPS) is 10.5. The largest absolute Gasteiger partial charge is 0.493 e. The second-order valence-corrected chi connectivity index (χ2v) is 7.96. The van der Waals surface area contributed by atoms with Gasteiger partial charge in [-0.3, -0.25) is 9.59 Å². The van der Waals surface area contributed by atoms with E-state index in [-0.39, 0.29) is 24.7 Å². The van der Waals surface area contributed by atoms with Crippen molar-refractivity contribution in [3.8, 4) is 22.8 Å². The maximum Gasteiger partial charge on any atom is 0.311 e. The van der Waals surface area contributed by atoms with Gasteiger partial charge in [-0.15, -0.1) is 11.3 Å². The van der Waals surface area contributed by atoms with Crippen LogP contribution in [-0.2, 0) is 27.2 Å². The maximum absolute atomic E-state index is 12.6. The molecular formula is C24H26N2O5S. The van der Waals surface area contributed by atoms with E-state index in [9.17, 15) is 9.59 Å². The number of methoxy groups -OCH3 is 2. The molecule has 3 aromatic rings. The van der Waals surface area contributed by atoms with E-state index in [2.05, 4.69) is 10.3 Å². The van der Waals surface area contributed by atoms with E-state index in [1.807, 2.05) is 48.5 Å². The van der Waals surface area contributed by atoms with Crippen LogP contribution in [0.1, 0.15) is 23.8 Å². The summed E-state index contributed by atoms with van der Waals surface area (Å²) in [5.74, 6) is 0.794. The number of carbonyl (C=O) groups excluding carboxylic acids is 2. The minimum absolute atomic E-state index is 0.108. The lowest BCUT2D eigenvalue weighted by Gasteiger charge is -2.09. The number of anilines is 1. The number of nitrogens with one attached hydrogen (secondary N) is 1. The number of nitrogens with zero attached hydrogens (tertiary/aromatic N) is 1. The van der Waals surface area contributed by atoms with Crippen LogP contribution in [0.25, 0.3) is 11.3 Å². The van der Waals surface area contributed by atoms with Crippen molar-refractivity contribution in [2.24, 2.45) is 0 Å². The van der Waals surface area contributed by atoms with E-state index in [0.29, 0.717) is 35.4 Å². The standard InChI is InChI=1S/C24H26N2O5S/c1-4-31-22(28)15-20-23(17-8-6-5-7-9-17)26-24(32-20)25-21(27)13-11-16-10-12-18(29-2)19(14-16)30-3/h5-10,12,14H,4,11,13,15H2,1-3H3,(H,25,26,27). The lowest BCUT2D eigenvalue weighted by Crippen LogP contribution is -2.12. The molecule has 168 valence electrons. The average molecular weight is 455 g/mol. The predicted octanol–water partition coefficient (Wildman–Crippen LogP) is 4.50. The summed E-state index contributed by atoms with van der Waals surface area (Å²) in [5, 5.41) is 3.32. The Kier molecular flexibility index (Phi) is 8.21. The Bertz CT molecular complexity index is 1070. The van der Waals surface area contributed by atoms with Gasteiger partial charge in [0.1, 0.15) is 0 Å². The second kappa shape index (κ2) is 11.3. The fourth-order valence-corrected chi connectivity index (χ4v) is 4.15. The number of hydrogen-bond donors (Lipinski definition) is 1. The summed E-state index contributed by atoms with van der Waals surface area (Å²) in [6, 6.07) is 15.2. The average Bonchev–Trinajstić information content (AvgIpc) is 3.19. The van der Waals surface area contributed by atoms with Gasteiger partial charge in [-0.2, -0.15) is 0 Å². The Hall–Kier alpha value is -3.39. The van der Waals surface area contributed by atoms with Crippen molar-refractivity contribution in [3.05, 3.63) is 59.0 Å². The molecule has 1 amide bonds. The van der Waals surface area contributed by atoms with Gasteiger partial charge >= 0.3 is 5.97 Å². The molecule has 0 fully saturated rings. The fourth-order valence-electron chi connectivity index (χ4n) is 3.17. The number of carbonyl (C=O) groups is 2. The van der Waals surface area contributed by atoms with E-state index in [1.54, 1.807) is 21.1 Å². The molecule has 0 radical (unpaired) electrons. The third-order valence-corrected chi connectivity index (χ3v) is 5.66. The third kappa shape index (κ3) is 6.07. The van der Waals surface area contributed by atoms with Crippen LogP contribution in [0.4, 0.5) is 5.13 Å². The Morgan fingerprint density at radius 1 is 1.03 bits per heavy atom. The van der Waals surface area contributed by atoms with Gasteiger partial charge in [0.25, 0.3) is 0 Å². The Morgan fingerprint density at radius 3 is 2.47 bits per heavy atom. The van der Waals surface area contributed by atoms with Gasteiger partial charge in [0, 0.05) is 16.9 Å². The van der Waals surface area contributed by atoms with Crippen LogP contribution >= 0.6 is 11.3 Å². The van der Waals surface area contributed by atoms with E-state index < -0.39 is 0 Å². The van der Waals surface area contributed by atoms with E-state index in [4.69, 9.17) is 14.2 Å². The van der Waals surface area contributed by atoms with Gasteiger partial charge in [-0.1, -0.05) is 36.4 Å². The number of aromatic nitrogens is 1. The first-order valence-electron chi connectivity index (χ1n) is 10.3. The monoisotopic (exact) mass is 454 g/mol. The highest BCUT2D eigenvalue weighted by Gasteiger charge is 2.18. The minimum atomic E-state index is -0.320. The molecule has 0 saturated carbocycles. The van der Waals surface area contributed by atoms with Crippen LogP contribution in [0.2, 0.25) is 0 Å². The molecule has 3 rings (SSSR count). The molecule has 0 aliphatic carbocycles. The Balaban J connectivity index is 1.70. The Morgan fingerprint density at radius 2 is 1.78 bits per heavy atom. The summed E-state index contributed by atoms with van der Waals surface area (Å²) < 4.78 is 15.6. The number of hydrogen-bond acceptors (Lipinski definition) is 7. The van der Waals surface area contributed by atoms with Crippen molar-refractivity contribution >= 4 is 28.3 Å². The molecule has 8 heteroatoms. The lowest BCUT2D eigenvalue weighted by molar-refractivity contribution is -0.142. The molecule has 0 saturated heterocycles. The molecule has 7 nitrogen and oxygen atoms in total. The SMILES string of the molecule is CCOC(=O)Cc1sc(NC(=O)CCc2ccc(OC)c(OC)c2)nc1-c1ccccc1. The number of ether oxygens (including phenoxy) is 3. The van der Waals surface area contributed by atoms with Gasteiger partial charge in [0.15, 0.2) is 16.6 Å². The number of esters is 1. The van der Waals surface area contributed by atoms with Crippen LogP contribution in [0.5, 0.6) is 11.5 Å². The quantitative estimate of drug-likeness (QED) is 0.454. The van der Waals surface area contributed by atoms with Crippen molar-refractivity contribution in [2.75, 3.05) is 26.1 Å². The third-order valence-electron chi connectivity index (χ3n) is 4.69. The zero-order chi connectivity index (χ0) is 22.9. The molecule has 0 unspecified atom stereocenters. The van der Waals surface area contributed by atoms with Gasteiger partial charge in [-0.25, -0.2) is 4.98 Å². The van der Waals surface area contributed by atoms with Crippen molar-refractivity contribution < 1.29 is 23.8 Å². The van der Waals surface area contributed by atoms with E-state index in [1.165, 1.54) is 11.3 Å². The van der Waals surface area contributed by atoms with Crippen LogP contribution in [0.15, 0.2) is 48.5 Å². The van der Waals surface area contributed by atoms with Gasteiger partial charge < -0.3 is 19.5 Å². The summed E-state index contributed by atoms with van der Waals surface area (Å²) in [7, 11) is 3.16. The summed E-state index contributed by atoms with van der Waals surface area (Å²) >= 11 is 1.29. The van der Waals surface area contributed by atoms with E-state index in [0.717, 1.165) is 16.0 Å². The summed E-state index contributed by atoms with van der Waals surface area (Å²) in [6.07, 6.45) is 0.930. The number of aryl methyl sites for hydroxylation is 1. The Labute approximate surface area is 191 Å². The first kappa shape index (κ1) is 23.3. The number of benzene rings is 2. The lowest BCUT2D eigenvalue weighted by atomic mass is 10.1. The van der Waals surface area contributed by atoms with Crippen LogP contribution < -0.4 is 14.8 Å². The van der Waals surface area contributed by atoms with Crippen LogP contribution in [-0.4, -0.2) is 37.7 Å². The smallest absolute Gasteiger partial charge is 0.311 e. The second-order valence-electron chi connectivity index (χ2n) is 6.88. The summed E-state index contributed by atoms with van der Waals surface area (Å²) in [4.78, 5) is 29.9. The van der Waals surface area contributed by atoms with Gasteiger partial charge in [-0.05, 0) is 31.0 Å². The molecule has 2 aromatic carbocycles. The minimum Gasteiger partial charge on any atom is -0.493 e. The summed E-state index contributed by atoms with van der Waals surface area (Å²) in [6.45, 7) is 2.09. The zero-order valence-electron chi connectivity index (χ0n) is 18.3. The molecule has 0 atom stereocenters. The topological polar surface area (TPSA) is 86.8 Å². The van der Waals surface area contributed by atoms with Gasteiger partial charge in [0.2, 0.25) is 5.91 Å². The highest BCUT2D eigenvalue weighted by atomic mass is 32.1. The molecule has 0 bridgehead atoms. The maximum atomic E-state index is 12.6. The molecular weight excluding hydrogens is 428 g/mol. The molecule has 1 aromatic heterocycles. The van der Waals surface area contributed by atoms with Crippen molar-refractivity contribution in [1.29, 1.82) is 0 Å². The highest BCUT2D eigenvalue weighted by molar-refractivity contribution is 7.16. The number of rotatable bonds is 10. The molecule has 32 heavy (non-hydrogen) atoms. The van der Waals surface area contributed by atoms with Crippen molar-refractivity contribution in [2.45, 2.75) is 26.2 Å². The summed E-state index contributed by atoms with van der Waals surface area (Å²) in [5.41, 5.74) is 2.53. The van der Waals surface area contributed by atoms with Gasteiger partial charge in [0.05, 0.1) is 32.9 Å². The molecule has 1 N–H and O–H groups in total. The first-order valence-corrected chi connectivity index (χ1v) is 11.1. The molecule has 1 heterocycles. The molecule has 0 aliphatic rings. The molecule has 0 aliphatic heterocycles. The van der Waals surface area contributed by atoms with Crippen molar-refractivity contribution in [3.63, 3.8) is 0 Å². The highest BCUT2D eigenvalue weighted by Crippen LogP contribution is 2.32. The van der Waals surface area contributed by atoms with Crippen LogP contribution in [0, 0.1) is 0 Å². The van der Waals surface area contributed by atoms with Crippen molar-refractivity contribution in [1.82, 2.24) is 4.98 Å². The zero-order valence-corrected chi connectivity index (χ0v) is 19.2. The predicted molar refractivity (Wildman–Crippen MR) is 124 cm³/mol. The fraction of sp³-hybridized carbons (Fsp3) is 0.292.